The van der Waals surface area contributed by atoms with Crippen LogP contribution in [0.25, 0.3) is 0 Å². The second-order valence-corrected chi connectivity index (χ2v) is 4.52. The maximum absolute atomic E-state index is 11.8. The maximum atomic E-state index is 11.8. The number of nitriles is 1. The zero-order chi connectivity index (χ0) is 12.8. The number of halogens is 1. The van der Waals surface area contributed by atoms with Crippen LogP contribution >= 0.6 is 15.9 Å². The summed E-state index contributed by atoms with van der Waals surface area (Å²) in [5.41, 5.74) is 0.213. The van der Waals surface area contributed by atoms with Crippen LogP contribution in [-0.2, 0) is 0 Å². The van der Waals surface area contributed by atoms with Gasteiger partial charge in [0.25, 0.3) is 5.91 Å². The molecule has 1 amide bonds. The Bertz CT molecular complexity index is 454. The molecule has 0 saturated heterocycles. The van der Waals surface area contributed by atoms with Crippen LogP contribution < -0.4 is 5.32 Å². The van der Waals surface area contributed by atoms with Crippen molar-refractivity contribution in [2.75, 3.05) is 0 Å². The highest BCUT2D eigenvalue weighted by Crippen LogP contribution is 2.22. The number of hydrogen-bond acceptors (Lipinski definition) is 3. The number of aromatic hydroxyl groups is 1. The van der Waals surface area contributed by atoms with E-state index in [9.17, 15) is 9.90 Å². The summed E-state index contributed by atoms with van der Waals surface area (Å²) in [6.07, 6.45) is 0.941. The number of nitrogens with one attached hydrogen (secondary N) is 1. The first-order valence-corrected chi connectivity index (χ1v) is 6.04. The number of phenolic OH excluding ortho intramolecular Hbond substituents is 1. The van der Waals surface area contributed by atoms with Crippen LogP contribution in [0.1, 0.15) is 30.1 Å². The lowest BCUT2D eigenvalue weighted by Crippen LogP contribution is -2.34. The molecule has 1 atom stereocenters. The van der Waals surface area contributed by atoms with Gasteiger partial charge in [0.2, 0.25) is 0 Å². The highest BCUT2D eigenvalue weighted by molar-refractivity contribution is 9.10. The largest absolute Gasteiger partial charge is 0.507 e. The van der Waals surface area contributed by atoms with E-state index in [-0.39, 0.29) is 29.7 Å². The van der Waals surface area contributed by atoms with Crippen molar-refractivity contribution in [1.29, 1.82) is 5.26 Å². The molecule has 0 fully saturated rings. The Morgan fingerprint density at radius 2 is 2.35 bits per heavy atom. The third-order valence-electron chi connectivity index (χ3n) is 2.37. The first-order valence-electron chi connectivity index (χ1n) is 5.24. The molecule has 1 unspecified atom stereocenters. The van der Waals surface area contributed by atoms with Crippen LogP contribution in [0.2, 0.25) is 0 Å². The van der Waals surface area contributed by atoms with Crippen molar-refractivity contribution in [3.8, 4) is 11.8 Å². The molecule has 1 rings (SSSR count). The highest BCUT2D eigenvalue weighted by Gasteiger charge is 2.15. The summed E-state index contributed by atoms with van der Waals surface area (Å²) < 4.78 is 0.704. The molecule has 0 spiro atoms. The van der Waals surface area contributed by atoms with Crippen molar-refractivity contribution in [2.45, 2.75) is 25.8 Å². The number of rotatable bonds is 4. The van der Waals surface area contributed by atoms with E-state index < -0.39 is 0 Å². The first-order chi connectivity index (χ1) is 8.08. The fourth-order valence-electron chi connectivity index (χ4n) is 1.37. The minimum absolute atomic E-state index is 0.0799. The van der Waals surface area contributed by atoms with Crippen LogP contribution in [0, 0.1) is 11.3 Å². The van der Waals surface area contributed by atoms with Gasteiger partial charge in [0.15, 0.2) is 0 Å². The van der Waals surface area contributed by atoms with Gasteiger partial charge in [0.1, 0.15) is 5.75 Å². The van der Waals surface area contributed by atoms with Gasteiger partial charge in [0, 0.05) is 10.5 Å². The van der Waals surface area contributed by atoms with Crippen LogP contribution in [0.15, 0.2) is 22.7 Å². The number of benzene rings is 1. The quantitative estimate of drug-likeness (QED) is 0.897. The molecule has 0 aliphatic heterocycles. The average Bonchev–Trinajstić information content (AvgIpc) is 2.28. The van der Waals surface area contributed by atoms with E-state index >= 15 is 0 Å². The molecule has 0 radical (unpaired) electrons. The van der Waals surface area contributed by atoms with E-state index in [4.69, 9.17) is 5.26 Å². The van der Waals surface area contributed by atoms with Gasteiger partial charge in [-0.2, -0.15) is 5.26 Å². The molecule has 1 aromatic rings. The van der Waals surface area contributed by atoms with Gasteiger partial charge in [0.05, 0.1) is 18.1 Å². The Kier molecular flexibility index (Phi) is 4.98. The minimum atomic E-state index is -0.364. The predicted molar refractivity (Wildman–Crippen MR) is 67.6 cm³/mol. The third-order valence-corrected chi connectivity index (χ3v) is 2.86. The SMILES string of the molecule is CCC(CC#N)NC(=O)c1ccc(Br)cc1O. The Hall–Kier alpha value is -1.54. The Morgan fingerprint density at radius 3 is 2.88 bits per heavy atom. The molecule has 4 nitrogen and oxygen atoms in total. The van der Waals surface area contributed by atoms with E-state index in [0.29, 0.717) is 10.9 Å². The molecule has 0 aliphatic carbocycles. The second kappa shape index (κ2) is 6.26. The fourth-order valence-corrected chi connectivity index (χ4v) is 1.72. The van der Waals surface area contributed by atoms with Gasteiger partial charge in [-0.3, -0.25) is 4.79 Å². The molecule has 5 heteroatoms. The van der Waals surface area contributed by atoms with E-state index in [1.807, 2.05) is 13.0 Å². The Morgan fingerprint density at radius 1 is 1.65 bits per heavy atom. The van der Waals surface area contributed by atoms with Gasteiger partial charge in [-0.15, -0.1) is 0 Å². The number of carbonyl (C=O) groups is 1. The number of nitrogens with zero attached hydrogens (tertiary/aromatic N) is 1. The summed E-state index contributed by atoms with van der Waals surface area (Å²) in [5.74, 6) is -0.444. The molecular weight excluding hydrogens is 284 g/mol. The third kappa shape index (κ3) is 3.75. The second-order valence-electron chi connectivity index (χ2n) is 3.60. The van der Waals surface area contributed by atoms with Crippen molar-refractivity contribution in [1.82, 2.24) is 5.32 Å². The highest BCUT2D eigenvalue weighted by atomic mass is 79.9. The summed E-state index contributed by atoms with van der Waals surface area (Å²) in [6, 6.07) is 6.50. The van der Waals surface area contributed by atoms with Crippen molar-refractivity contribution in [2.24, 2.45) is 0 Å². The topological polar surface area (TPSA) is 73.1 Å². The monoisotopic (exact) mass is 296 g/mol. The fraction of sp³-hybridized carbons (Fsp3) is 0.333. The Labute approximate surface area is 108 Å². The molecular formula is C12H13BrN2O2. The van der Waals surface area contributed by atoms with Crippen molar-refractivity contribution in [3.63, 3.8) is 0 Å². The summed E-state index contributed by atoms with van der Waals surface area (Å²) >= 11 is 3.20. The molecule has 90 valence electrons. The molecule has 0 heterocycles. The summed E-state index contributed by atoms with van der Waals surface area (Å²) in [4.78, 5) is 11.8. The van der Waals surface area contributed by atoms with Crippen LogP contribution in [-0.4, -0.2) is 17.1 Å². The standard InChI is InChI=1S/C12H13BrN2O2/c1-2-9(5-6-14)15-12(17)10-4-3-8(13)7-11(10)16/h3-4,7,9,16H,2,5H2,1H3,(H,15,17). The van der Waals surface area contributed by atoms with Gasteiger partial charge in [-0.25, -0.2) is 0 Å². The summed E-state index contributed by atoms with van der Waals surface area (Å²) in [6.45, 7) is 1.89. The number of hydrogen-bond donors (Lipinski definition) is 2. The zero-order valence-electron chi connectivity index (χ0n) is 9.40. The lowest BCUT2D eigenvalue weighted by atomic mass is 10.1. The van der Waals surface area contributed by atoms with Crippen molar-refractivity contribution < 1.29 is 9.90 Å². The van der Waals surface area contributed by atoms with E-state index in [2.05, 4.69) is 21.2 Å². The zero-order valence-corrected chi connectivity index (χ0v) is 11.0. The lowest BCUT2D eigenvalue weighted by Gasteiger charge is -2.14. The van der Waals surface area contributed by atoms with Gasteiger partial charge in [-0.05, 0) is 24.6 Å². The lowest BCUT2D eigenvalue weighted by molar-refractivity contribution is 0.0934. The van der Waals surface area contributed by atoms with Crippen LogP contribution in [0.4, 0.5) is 0 Å². The summed E-state index contributed by atoms with van der Waals surface area (Å²) in [5, 5.41) is 20.9. The smallest absolute Gasteiger partial charge is 0.255 e. The molecule has 0 aromatic heterocycles. The minimum Gasteiger partial charge on any atom is -0.507 e. The van der Waals surface area contributed by atoms with E-state index in [0.717, 1.165) is 0 Å². The normalized spacial score (nSPS) is 11.6. The van der Waals surface area contributed by atoms with E-state index in [1.165, 1.54) is 12.1 Å². The maximum Gasteiger partial charge on any atom is 0.255 e. The molecule has 17 heavy (non-hydrogen) atoms. The Balaban J connectivity index is 2.79. The van der Waals surface area contributed by atoms with Crippen molar-refractivity contribution >= 4 is 21.8 Å². The van der Waals surface area contributed by atoms with Gasteiger partial charge >= 0.3 is 0 Å². The van der Waals surface area contributed by atoms with Crippen LogP contribution in [0.3, 0.4) is 0 Å². The van der Waals surface area contributed by atoms with Crippen LogP contribution in [0.5, 0.6) is 5.75 Å². The molecule has 1 aromatic carbocycles. The number of phenols is 1. The van der Waals surface area contributed by atoms with E-state index in [1.54, 1.807) is 6.07 Å². The van der Waals surface area contributed by atoms with Crippen molar-refractivity contribution in [3.05, 3.63) is 28.2 Å². The van der Waals surface area contributed by atoms with Gasteiger partial charge in [-0.1, -0.05) is 22.9 Å². The number of carbonyl (C=O) groups excluding carboxylic acids is 1. The predicted octanol–water partition coefficient (Wildman–Crippen LogP) is 2.58. The summed E-state index contributed by atoms with van der Waals surface area (Å²) in [7, 11) is 0. The molecule has 0 aliphatic rings. The molecule has 0 bridgehead atoms. The van der Waals surface area contributed by atoms with Gasteiger partial charge < -0.3 is 10.4 Å². The molecule has 0 saturated carbocycles. The number of amides is 1. The molecule has 2 N–H and O–H groups in total. The first kappa shape index (κ1) is 13.5. The average molecular weight is 297 g/mol.